The molecule has 0 aliphatic carbocycles. The van der Waals surface area contributed by atoms with Crippen molar-refractivity contribution in [3.05, 3.63) is 33.6 Å². The van der Waals surface area contributed by atoms with Gasteiger partial charge in [-0.15, -0.1) is 0 Å². The molecule has 0 spiro atoms. The molecule has 0 aromatic heterocycles. The first-order valence-corrected chi connectivity index (χ1v) is 6.82. The van der Waals surface area contributed by atoms with Crippen LogP contribution in [0.4, 0.5) is 15.8 Å². The van der Waals surface area contributed by atoms with Gasteiger partial charge in [-0.1, -0.05) is 0 Å². The second kappa shape index (κ2) is 5.67. The van der Waals surface area contributed by atoms with Crippen LogP contribution in [0.5, 0.6) is 0 Å². The Balaban J connectivity index is 2.61. The molecule has 114 valence electrons. The molecule has 1 N–H and O–H groups in total. The van der Waals surface area contributed by atoms with Crippen LogP contribution in [-0.2, 0) is 0 Å². The number of carboxylic acid groups (broad SMARTS) is 1. The molecule has 2 atom stereocenters. The maximum absolute atomic E-state index is 13.7. The highest BCUT2D eigenvalue weighted by molar-refractivity contribution is 5.90. The molecule has 0 radical (unpaired) electrons. The van der Waals surface area contributed by atoms with Gasteiger partial charge in [0, 0.05) is 12.1 Å². The highest BCUT2D eigenvalue weighted by Gasteiger charge is 2.32. The maximum atomic E-state index is 13.7. The van der Waals surface area contributed by atoms with E-state index in [0.29, 0.717) is 6.07 Å². The number of piperidine rings is 1. The minimum atomic E-state index is -1.43. The van der Waals surface area contributed by atoms with Crippen molar-refractivity contribution in [3.63, 3.8) is 0 Å². The number of halogens is 1. The van der Waals surface area contributed by atoms with Gasteiger partial charge in [0.05, 0.1) is 16.6 Å². The quantitative estimate of drug-likeness (QED) is 0.684. The molecule has 1 aromatic carbocycles. The number of carbonyl (C=O) groups is 1. The van der Waals surface area contributed by atoms with E-state index in [1.165, 1.54) is 0 Å². The second-order valence-corrected chi connectivity index (χ2v) is 5.42. The molecule has 1 aliphatic rings. The summed E-state index contributed by atoms with van der Waals surface area (Å²) in [6.07, 6.45) is 2.74. The monoisotopic (exact) mass is 296 g/mol. The van der Waals surface area contributed by atoms with Crippen LogP contribution < -0.4 is 4.90 Å². The van der Waals surface area contributed by atoms with E-state index in [4.69, 9.17) is 5.11 Å². The van der Waals surface area contributed by atoms with Gasteiger partial charge >= 0.3 is 5.97 Å². The van der Waals surface area contributed by atoms with Crippen molar-refractivity contribution in [2.75, 3.05) is 4.90 Å². The zero-order valence-corrected chi connectivity index (χ0v) is 11.9. The van der Waals surface area contributed by atoms with E-state index in [2.05, 4.69) is 0 Å². The predicted molar refractivity (Wildman–Crippen MR) is 75.3 cm³/mol. The molecule has 0 unspecified atom stereocenters. The van der Waals surface area contributed by atoms with Gasteiger partial charge in [-0.25, -0.2) is 9.18 Å². The Morgan fingerprint density at radius 1 is 1.38 bits per heavy atom. The van der Waals surface area contributed by atoms with Crippen LogP contribution in [0.1, 0.15) is 43.5 Å². The van der Waals surface area contributed by atoms with E-state index in [1.54, 1.807) is 0 Å². The Labute approximate surface area is 121 Å². The lowest BCUT2D eigenvalue weighted by atomic mass is 9.95. The average Bonchev–Trinajstić information content (AvgIpc) is 2.39. The summed E-state index contributed by atoms with van der Waals surface area (Å²) >= 11 is 0. The summed E-state index contributed by atoms with van der Waals surface area (Å²) in [7, 11) is 0. The van der Waals surface area contributed by atoms with E-state index in [-0.39, 0.29) is 17.8 Å². The minimum absolute atomic E-state index is 0.0413. The van der Waals surface area contributed by atoms with Gasteiger partial charge in [0.15, 0.2) is 0 Å². The van der Waals surface area contributed by atoms with Crippen molar-refractivity contribution < 1.29 is 19.2 Å². The van der Waals surface area contributed by atoms with Gasteiger partial charge in [0.25, 0.3) is 5.69 Å². The Kier molecular flexibility index (Phi) is 4.11. The standard InChI is InChI=1S/C14H17FN2O4/c1-8-4-3-5-9(2)16(8)12-6-10(14(18)19)11(15)7-13(12)17(20)21/h6-9H,3-5H2,1-2H3,(H,18,19)/t8-,9+. The molecule has 6 nitrogen and oxygen atoms in total. The summed E-state index contributed by atoms with van der Waals surface area (Å²) in [5, 5.41) is 20.2. The number of hydrogen-bond acceptors (Lipinski definition) is 4. The van der Waals surface area contributed by atoms with Gasteiger partial charge in [-0.3, -0.25) is 10.1 Å². The minimum Gasteiger partial charge on any atom is -0.478 e. The molecule has 0 amide bonds. The van der Waals surface area contributed by atoms with Gasteiger partial charge in [0.2, 0.25) is 0 Å². The van der Waals surface area contributed by atoms with Crippen molar-refractivity contribution in [1.29, 1.82) is 0 Å². The van der Waals surface area contributed by atoms with Crippen molar-refractivity contribution >= 4 is 17.3 Å². The summed E-state index contributed by atoms with van der Waals surface area (Å²) in [6, 6.07) is 1.86. The molecule has 2 rings (SSSR count). The highest BCUT2D eigenvalue weighted by atomic mass is 19.1. The lowest BCUT2D eigenvalue weighted by molar-refractivity contribution is -0.384. The van der Waals surface area contributed by atoms with E-state index >= 15 is 0 Å². The lowest BCUT2D eigenvalue weighted by Gasteiger charge is -2.40. The first kappa shape index (κ1) is 15.2. The van der Waals surface area contributed by atoms with Crippen molar-refractivity contribution in [2.45, 2.75) is 45.2 Å². The lowest BCUT2D eigenvalue weighted by Crippen LogP contribution is -2.44. The molecule has 0 bridgehead atoms. The fourth-order valence-electron chi connectivity index (χ4n) is 2.96. The van der Waals surface area contributed by atoms with Crippen LogP contribution in [-0.4, -0.2) is 28.1 Å². The number of rotatable bonds is 3. The normalized spacial score (nSPS) is 22.1. The smallest absolute Gasteiger partial charge is 0.338 e. The number of nitro groups is 1. The first-order chi connectivity index (χ1) is 9.82. The highest BCUT2D eigenvalue weighted by Crippen LogP contribution is 2.37. The zero-order valence-electron chi connectivity index (χ0n) is 11.9. The van der Waals surface area contributed by atoms with Crippen molar-refractivity contribution in [1.82, 2.24) is 0 Å². The summed E-state index contributed by atoms with van der Waals surface area (Å²) in [6.45, 7) is 3.87. The molecular formula is C14H17FN2O4. The molecule has 1 aromatic rings. The number of carboxylic acids is 1. The Morgan fingerprint density at radius 2 is 1.95 bits per heavy atom. The number of aromatic carboxylic acids is 1. The van der Waals surface area contributed by atoms with Gasteiger partial charge in [0.1, 0.15) is 11.5 Å². The molecule has 1 heterocycles. The van der Waals surface area contributed by atoms with Gasteiger partial charge < -0.3 is 10.0 Å². The summed E-state index contributed by atoms with van der Waals surface area (Å²) in [4.78, 5) is 23.4. The zero-order chi connectivity index (χ0) is 15.7. The third kappa shape index (κ3) is 2.81. The summed E-state index contributed by atoms with van der Waals surface area (Å²) < 4.78 is 13.7. The molecular weight excluding hydrogens is 279 g/mol. The number of nitro benzene ring substituents is 1. The fraction of sp³-hybridized carbons (Fsp3) is 0.500. The molecule has 21 heavy (non-hydrogen) atoms. The Hall–Kier alpha value is -2.18. The SMILES string of the molecule is C[C@@H]1CCC[C@H](C)N1c1cc(C(=O)O)c(F)cc1[N+](=O)[O-]. The molecule has 7 heteroatoms. The number of anilines is 1. The number of nitrogens with zero attached hydrogens (tertiary/aromatic N) is 2. The van der Waals surface area contributed by atoms with Crippen LogP contribution in [0.2, 0.25) is 0 Å². The van der Waals surface area contributed by atoms with E-state index in [9.17, 15) is 19.3 Å². The summed E-state index contributed by atoms with van der Waals surface area (Å²) in [5.41, 5.74) is -0.753. The first-order valence-electron chi connectivity index (χ1n) is 6.82. The molecule has 1 fully saturated rings. The Bertz CT molecular complexity index is 581. The van der Waals surface area contributed by atoms with Gasteiger partial charge in [-0.2, -0.15) is 0 Å². The van der Waals surface area contributed by atoms with Crippen molar-refractivity contribution in [3.8, 4) is 0 Å². The van der Waals surface area contributed by atoms with Crippen LogP contribution in [0.3, 0.4) is 0 Å². The molecule has 0 saturated carbocycles. The predicted octanol–water partition coefficient (Wildman–Crippen LogP) is 3.20. The van der Waals surface area contributed by atoms with E-state index in [0.717, 1.165) is 25.3 Å². The third-order valence-corrected chi connectivity index (χ3v) is 3.96. The third-order valence-electron chi connectivity index (χ3n) is 3.96. The molecule has 1 aliphatic heterocycles. The van der Waals surface area contributed by atoms with Gasteiger partial charge in [-0.05, 0) is 39.2 Å². The van der Waals surface area contributed by atoms with E-state index in [1.807, 2.05) is 18.7 Å². The molecule has 1 saturated heterocycles. The van der Waals surface area contributed by atoms with Crippen LogP contribution >= 0.6 is 0 Å². The van der Waals surface area contributed by atoms with Crippen LogP contribution in [0.15, 0.2) is 12.1 Å². The number of benzene rings is 1. The summed E-state index contributed by atoms with van der Waals surface area (Å²) in [5.74, 6) is -2.52. The fourth-order valence-corrected chi connectivity index (χ4v) is 2.96. The Morgan fingerprint density at radius 3 is 2.43 bits per heavy atom. The van der Waals surface area contributed by atoms with Crippen LogP contribution in [0.25, 0.3) is 0 Å². The number of hydrogen-bond donors (Lipinski definition) is 1. The second-order valence-electron chi connectivity index (χ2n) is 5.42. The van der Waals surface area contributed by atoms with Crippen molar-refractivity contribution in [2.24, 2.45) is 0 Å². The van der Waals surface area contributed by atoms with E-state index < -0.39 is 28.0 Å². The maximum Gasteiger partial charge on any atom is 0.338 e. The largest absolute Gasteiger partial charge is 0.478 e. The average molecular weight is 296 g/mol. The van der Waals surface area contributed by atoms with Crippen LogP contribution in [0, 0.1) is 15.9 Å². The topological polar surface area (TPSA) is 83.7 Å².